The first-order valence-corrected chi connectivity index (χ1v) is 5.05. The molecule has 48 valence electrons. The second kappa shape index (κ2) is 17.3. The van der Waals surface area contributed by atoms with Crippen molar-refractivity contribution in [3.8, 4) is 0 Å². The molecule has 0 aromatic heterocycles. The molecule has 0 rings (SSSR count). The molecule has 0 heterocycles. The Kier molecular flexibility index (Phi) is 39.2. The molecule has 0 aromatic carbocycles. The van der Waals surface area contributed by atoms with Crippen molar-refractivity contribution in [2.75, 3.05) is 0 Å². The fourth-order valence-corrected chi connectivity index (χ4v) is 0. The normalized spacial score (nSPS) is 5.20. The first-order chi connectivity index (χ1) is 3.46. The average molecular weight is 323 g/mol. The monoisotopic (exact) mass is 320 g/mol. The van der Waals surface area contributed by atoms with Gasteiger partial charge in [-0.05, 0) is 0 Å². The fourth-order valence-electron chi connectivity index (χ4n) is 0. The van der Waals surface area contributed by atoms with Crippen LogP contribution in [-0.2, 0) is 82.8 Å². The first-order valence-electron chi connectivity index (χ1n) is 1.22. The van der Waals surface area contributed by atoms with Crippen LogP contribution in [0.15, 0.2) is 0 Å². The van der Waals surface area contributed by atoms with Gasteiger partial charge in [0.15, 0.2) is 0 Å². The van der Waals surface area contributed by atoms with Crippen LogP contribution in [0.2, 0.25) is 0 Å². The van der Waals surface area contributed by atoms with E-state index >= 15 is 0 Å². The van der Waals surface area contributed by atoms with Gasteiger partial charge in [0, 0.05) is 0 Å². The Balaban J connectivity index is -0.0000000300. The predicted octanol–water partition coefficient (Wildman–Crippen LogP) is -5.00. The van der Waals surface area contributed by atoms with E-state index in [9.17, 15) is 0 Å². The second-order valence-corrected chi connectivity index (χ2v) is 2.06. The zero-order valence-corrected chi connectivity index (χ0v) is 13.9. The van der Waals surface area contributed by atoms with Crippen LogP contribution in [0.3, 0.4) is 0 Å². The Morgan fingerprint density at radius 3 is 0.700 bits per heavy atom. The third kappa shape index (κ3) is 188. The van der Waals surface area contributed by atoms with Crippen molar-refractivity contribution in [2.24, 2.45) is 0 Å². The Morgan fingerprint density at radius 1 is 0.700 bits per heavy atom. The molecule has 0 unspecified atom stereocenters. The van der Waals surface area contributed by atoms with Crippen LogP contribution in [0.25, 0.3) is 0 Å². The van der Waals surface area contributed by atoms with Gasteiger partial charge in [-0.25, -0.2) is 0 Å². The third-order valence-electron chi connectivity index (χ3n) is 0. The summed E-state index contributed by atoms with van der Waals surface area (Å²) in [6.07, 6.45) is 0. The summed E-state index contributed by atoms with van der Waals surface area (Å²) in [4.78, 5) is 0. The smallest absolute Gasteiger partial charge is 2.00 e. The Labute approximate surface area is 96.4 Å². The summed E-state index contributed by atoms with van der Waals surface area (Å²) in [5.74, 6) is 0. The topological polar surface area (TPSA) is 126 Å². The maximum Gasteiger partial charge on any atom is 2.00 e. The third-order valence-corrected chi connectivity index (χ3v) is 0. The van der Waals surface area contributed by atoms with Crippen LogP contribution in [0.5, 0.6) is 0 Å². The minimum Gasteiger partial charge on any atom is 2.00 e. The van der Waals surface area contributed by atoms with E-state index in [0.29, 0.717) is 0 Å². The van der Waals surface area contributed by atoms with Gasteiger partial charge < -0.3 is 0 Å². The van der Waals surface area contributed by atoms with Gasteiger partial charge in [-0.1, -0.05) is 0 Å². The standard InChI is InChI=1S/6O.2Ti.2Zn/q;;4*-1;;;2*+2. The van der Waals surface area contributed by atoms with Crippen molar-refractivity contribution in [1.29, 1.82) is 0 Å². The maximum atomic E-state index is 8.58. The van der Waals surface area contributed by atoms with E-state index in [1.165, 1.54) is 0 Å². The second-order valence-electron chi connectivity index (χ2n) is 0.500. The molecule has 0 fully saturated rings. The molecular formula is O6Ti2Zn2. The summed E-state index contributed by atoms with van der Waals surface area (Å²) in [6.45, 7) is 0. The molecule has 0 N–H and O–H groups in total. The van der Waals surface area contributed by atoms with Crippen molar-refractivity contribution in [1.82, 2.24) is 0 Å². The van der Waals surface area contributed by atoms with Crippen molar-refractivity contribution in [2.45, 2.75) is 0 Å². The Morgan fingerprint density at radius 2 is 0.700 bits per heavy atom. The largest absolute Gasteiger partial charge is 2.00 e. The van der Waals surface area contributed by atoms with Crippen LogP contribution < -0.4 is 14.8 Å². The fraction of sp³-hybridized carbons (Fsp3) is 0. The zero-order valence-electron chi connectivity index (χ0n) is 4.86. The van der Waals surface area contributed by atoms with Gasteiger partial charge in [0.1, 0.15) is 0 Å². The van der Waals surface area contributed by atoms with Crippen molar-refractivity contribution in [3.63, 3.8) is 0 Å². The summed E-state index contributed by atoms with van der Waals surface area (Å²) >= 11 is -8.17. The summed E-state index contributed by atoms with van der Waals surface area (Å²) < 4.78 is 51.5. The summed E-state index contributed by atoms with van der Waals surface area (Å²) in [5, 5.41) is 0. The molecule has 0 saturated heterocycles. The van der Waals surface area contributed by atoms with E-state index in [2.05, 4.69) is 0 Å². The van der Waals surface area contributed by atoms with E-state index in [1.807, 2.05) is 0 Å². The van der Waals surface area contributed by atoms with Gasteiger partial charge in [-0.3, -0.25) is 0 Å². The molecule has 0 amide bonds. The van der Waals surface area contributed by atoms with E-state index in [-0.39, 0.29) is 39.0 Å². The number of rotatable bonds is 0. The van der Waals surface area contributed by atoms with E-state index in [4.69, 9.17) is 21.4 Å². The molecule has 0 spiro atoms. The zero-order chi connectivity index (χ0) is 7.15. The molecule has 10 heteroatoms. The van der Waals surface area contributed by atoms with Gasteiger partial charge in [0.25, 0.3) is 0 Å². The van der Waals surface area contributed by atoms with Crippen molar-refractivity contribution >= 4 is 0 Å². The molecule has 0 saturated carbocycles. The van der Waals surface area contributed by atoms with Gasteiger partial charge >= 0.3 is 97.6 Å². The molecule has 0 aliphatic rings. The van der Waals surface area contributed by atoms with Crippen LogP contribution >= 0.6 is 0 Å². The predicted molar refractivity (Wildman–Crippen MR) is 1.37 cm³/mol. The molecule has 6 nitrogen and oxygen atoms in total. The molecule has 0 atom stereocenters. The van der Waals surface area contributed by atoms with Crippen LogP contribution in [0, 0.1) is 0 Å². The molecule has 0 bridgehead atoms. The van der Waals surface area contributed by atoms with Crippen molar-refractivity contribution in [3.05, 3.63) is 0 Å². The molecule has 0 aliphatic carbocycles. The molecule has 0 aromatic rings. The molecule has 0 aliphatic heterocycles. The SMILES string of the molecule is [O]=[Ti]([O-])[O-].[O]=[Ti]([O-])[O-].[Zn+2].[Zn+2]. The quantitative estimate of drug-likeness (QED) is 0.411. The van der Waals surface area contributed by atoms with Crippen LogP contribution in [0.4, 0.5) is 0 Å². The number of hydrogen-bond donors (Lipinski definition) is 0. The maximum absolute atomic E-state index is 8.58. The molecule has 0 radical (unpaired) electrons. The van der Waals surface area contributed by atoms with Gasteiger partial charge in [0.2, 0.25) is 0 Å². The summed E-state index contributed by atoms with van der Waals surface area (Å²) in [6, 6.07) is 0. The average Bonchev–Trinajstić information content (AvgIpc) is 1.25. The summed E-state index contributed by atoms with van der Waals surface area (Å²) in [7, 11) is 0. The van der Waals surface area contributed by atoms with E-state index < -0.39 is 37.2 Å². The van der Waals surface area contributed by atoms with E-state index in [1.54, 1.807) is 0 Å². The minimum atomic E-state index is -4.08. The number of hydrogen-bond acceptors (Lipinski definition) is 6. The van der Waals surface area contributed by atoms with Crippen LogP contribution in [-0.4, -0.2) is 0 Å². The minimum absolute atomic E-state index is 0. The Bertz CT molecular complexity index is 71.7. The van der Waals surface area contributed by atoms with Gasteiger partial charge in [0.05, 0.1) is 0 Å². The van der Waals surface area contributed by atoms with Gasteiger partial charge in [-0.2, -0.15) is 0 Å². The van der Waals surface area contributed by atoms with Crippen molar-refractivity contribution < 1.29 is 97.6 Å². The van der Waals surface area contributed by atoms with Crippen LogP contribution in [0.1, 0.15) is 0 Å². The summed E-state index contributed by atoms with van der Waals surface area (Å²) in [5.41, 5.74) is 0. The molecular weight excluding hydrogens is 323 g/mol. The van der Waals surface area contributed by atoms with E-state index in [0.717, 1.165) is 0 Å². The first kappa shape index (κ1) is 22.7. The van der Waals surface area contributed by atoms with Gasteiger partial charge in [-0.15, -0.1) is 0 Å². The molecule has 10 heavy (non-hydrogen) atoms. The Hall–Kier alpha value is 2.12.